The van der Waals surface area contributed by atoms with Crippen LogP contribution in [0, 0.1) is 0 Å². The topological polar surface area (TPSA) is 68.1 Å². The number of sulfone groups is 1. The van der Waals surface area contributed by atoms with E-state index in [1.807, 2.05) is 10.7 Å². The zero-order chi connectivity index (χ0) is 15.4. The van der Waals surface area contributed by atoms with Crippen molar-refractivity contribution in [3.63, 3.8) is 0 Å². The zero-order valence-electron chi connectivity index (χ0n) is 12.4. The number of aromatic nitrogens is 3. The molecule has 0 saturated carbocycles. The van der Waals surface area contributed by atoms with Crippen LogP contribution in [0.3, 0.4) is 0 Å². The van der Waals surface area contributed by atoms with E-state index >= 15 is 0 Å². The molecule has 2 aromatic rings. The van der Waals surface area contributed by atoms with Crippen molar-refractivity contribution in [1.29, 1.82) is 0 Å². The molecule has 6 nitrogen and oxygen atoms in total. The second kappa shape index (κ2) is 6.58. The molecule has 1 aliphatic rings. The third-order valence-corrected chi connectivity index (χ3v) is 5.82. The Hall–Kier alpha value is -1.73. The van der Waals surface area contributed by atoms with Crippen LogP contribution in [-0.4, -0.2) is 53.0 Å². The molecule has 0 spiro atoms. The smallest absolute Gasteiger partial charge is 0.179 e. The highest BCUT2D eigenvalue weighted by Gasteiger charge is 2.26. The Morgan fingerprint density at radius 1 is 1.23 bits per heavy atom. The summed E-state index contributed by atoms with van der Waals surface area (Å²) in [6.07, 6.45) is 5.41. The zero-order valence-corrected chi connectivity index (χ0v) is 13.2. The average molecular weight is 320 g/mol. The maximum absolute atomic E-state index is 12.4. The van der Waals surface area contributed by atoms with Gasteiger partial charge in [0.05, 0.1) is 17.2 Å². The van der Waals surface area contributed by atoms with Crippen LogP contribution in [-0.2, 0) is 16.4 Å². The Morgan fingerprint density at radius 3 is 2.77 bits per heavy atom. The van der Waals surface area contributed by atoms with E-state index in [1.54, 1.807) is 30.6 Å². The predicted octanol–water partition coefficient (Wildman–Crippen LogP) is 1.22. The van der Waals surface area contributed by atoms with Gasteiger partial charge >= 0.3 is 0 Å². The molecular weight excluding hydrogens is 300 g/mol. The van der Waals surface area contributed by atoms with E-state index in [0.29, 0.717) is 17.5 Å². The number of hydrogen-bond acceptors (Lipinski definition) is 5. The lowest BCUT2D eigenvalue weighted by Crippen LogP contribution is -2.36. The Kier molecular flexibility index (Phi) is 4.54. The lowest BCUT2D eigenvalue weighted by Gasteiger charge is -2.24. The van der Waals surface area contributed by atoms with Gasteiger partial charge in [-0.2, -0.15) is 5.10 Å². The van der Waals surface area contributed by atoms with E-state index in [9.17, 15) is 8.42 Å². The molecule has 1 aliphatic heterocycles. The van der Waals surface area contributed by atoms with Crippen molar-refractivity contribution in [2.24, 2.45) is 0 Å². The van der Waals surface area contributed by atoms with E-state index in [-0.39, 0.29) is 5.75 Å². The molecule has 22 heavy (non-hydrogen) atoms. The van der Waals surface area contributed by atoms with E-state index in [2.05, 4.69) is 15.0 Å². The minimum atomic E-state index is -3.21. The molecule has 2 heterocycles. The quantitative estimate of drug-likeness (QED) is 0.800. The van der Waals surface area contributed by atoms with Gasteiger partial charge in [0.15, 0.2) is 9.84 Å². The molecule has 7 heteroatoms. The van der Waals surface area contributed by atoms with Gasteiger partial charge in [0.1, 0.15) is 12.7 Å². The fourth-order valence-corrected chi connectivity index (χ4v) is 4.20. The van der Waals surface area contributed by atoms with Crippen LogP contribution < -0.4 is 0 Å². The molecule has 3 rings (SSSR count). The number of likely N-dealkylation sites (tertiary alicyclic amines) is 1. The Morgan fingerprint density at radius 2 is 2.05 bits per heavy atom. The van der Waals surface area contributed by atoms with Gasteiger partial charge in [-0.25, -0.2) is 13.4 Å². The monoisotopic (exact) mass is 320 g/mol. The van der Waals surface area contributed by atoms with Crippen LogP contribution in [0.4, 0.5) is 0 Å². The van der Waals surface area contributed by atoms with Gasteiger partial charge in [0.2, 0.25) is 0 Å². The van der Waals surface area contributed by atoms with Crippen molar-refractivity contribution in [3.05, 3.63) is 43.0 Å². The van der Waals surface area contributed by atoms with E-state index in [4.69, 9.17) is 0 Å². The normalized spacial score (nSPS) is 19.5. The first-order valence-corrected chi connectivity index (χ1v) is 9.15. The molecule has 1 aromatic carbocycles. The van der Waals surface area contributed by atoms with E-state index in [1.165, 1.54) is 6.33 Å². The second-order valence-corrected chi connectivity index (χ2v) is 7.69. The molecule has 1 saturated heterocycles. The van der Waals surface area contributed by atoms with Crippen molar-refractivity contribution in [2.75, 3.05) is 18.8 Å². The van der Waals surface area contributed by atoms with Crippen LogP contribution in [0.1, 0.15) is 12.8 Å². The van der Waals surface area contributed by atoms with E-state index in [0.717, 1.165) is 25.9 Å². The van der Waals surface area contributed by atoms with Crippen LogP contribution in [0.5, 0.6) is 0 Å². The van der Waals surface area contributed by atoms with Crippen LogP contribution in [0.2, 0.25) is 0 Å². The summed E-state index contributed by atoms with van der Waals surface area (Å²) in [5.41, 5.74) is 0. The maximum Gasteiger partial charge on any atom is 0.179 e. The number of rotatable bonds is 6. The molecule has 0 N–H and O–H groups in total. The second-order valence-electron chi connectivity index (χ2n) is 5.58. The van der Waals surface area contributed by atoms with Gasteiger partial charge in [-0.05, 0) is 31.5 Å². The molecule has 1 atom stereocenters. The lowest BCUT2D eigenvalue weighted by atomic mass is 10.2. The summed E-state index contributed by atoms with van der Waals surface area (Å²) >= 11 is 0. The van der Waals surface area contributed by atoms with Crippen molar-refractivity contribution in [3.8, 4) is 0 Å². The SMILES string of the molecule is O=S(=O)(CCN1CCCC1Cn1cncn1)c1ccccc1. The summed E-state index contributed by atoms with van der Waals surface area (Å²) in [4.78, 5) is 6.61. The summed E-state index contributed by atoms with van der Waals surface area (Å²) in [6, 6.07) is 9.01. The van der Waals surface area contributed by atoms with Gasteiger partial charge in [-0.1, -0.05) is 18.2 Å². The Bertz CT molecular complexity index is 686. The van der Waals surface area contributed by atoms with E-state index < -0.39 is 9.84 Å². The van der Waals surface area contributed by atoms with Gasteiger partial charge < -0.3 is 0 Å². The van der Waals surface area contributed by atoms with Crippen molar-refractivity contribution in [2.45, 2.75) is 30.3 Å². The van der Waals surface area contributed by atoms with Gasteiger partial charge in [0.25, 0.3) is 0 Å². The van der Waals surface area contributed by atoms with Crippen molar-refractivity contribution in [1.82, 2.24) is 19.7 Å². The van der Waals surface area contributed by atoms with Gasteiger partial charge in [-0.3, -0.25) is 9.58 Å². The third-order valence-electron chi connectivity index (χ3n) is 4.11. The molecule has 118 valence electrons. The maximum atomic E-state index is 12.4. The highest BCUT2D eigenvalue weighted by molar-refractivity contribution is 7.91. The Balaban J connectivity index is 1.60. The first-order chi connectivity index (χ1) is 10.6. The standard InChI is InChI=1S/C15H20N4O2S/c20-22(21,15-6-2-1-3-7-15)10-9-18-8-4-5-14(18)11-19-13-16-12-17-19/h1-3,6-7,12-14H,4-5,8-11H2. The summed E-state index contributed by atoms with van der Waals surface area (Å²) in [5, 5.41) is 4.13. The van der Waals surface area contributed by atoms with Gasteiger partial charge in [-0.15, -0.1) is 0 Å². The molecule has 1 fully saturated rings. The first kappa shape index (κ1) is 15.2. The minimum Gasteiger partial charge on any atom is -0.298 e. The summed E-state index contributed by atoms with van der Waals surface area (Å²) < 4.78 is 26.5. The molecular formula is C15H20N4O2S. The lowest BCUT2D eigenvalue weighted by molar-refractivity contribution is 0.239. The summed E-state index contributed by atoms with van der Waals surface area (Å²) in [6.45, 7) is 2.28. The fraction of sp³-hybridized carbons (Fsp3) is 0.467. The molecule has 1 unspecified atom stereocenters. The number of hydrogen-bond donors (Lipinski definition) is 0. The Labute approximate surface area is 130 Å². The highest BCUT2D eigenvalue weighted by Crippen LogP contribution is 2.19. The van der Waals surface area contributed by atoms with Crippen LogP contribution >= 0.6 is 0 Å². The minimum absolute atomic E-state index is 0.158. The van der Waals surface area contributed by atoms with Crippen molar-refractivity contribution < 1.29 is 8.42 Å². The van der Waals surface area contributed by atoms with Crippen molar-refractivity contribution >= 4 is 9.84 Å². The summed E-state index contributed by atoms with van der Waals surface area (Å²) in [7, 11) is -3.21. The van der Waals surface area contributed by atoms with Gasteiger partial charge in [0, 0.05) is 12.6 Å². The molecule has 1 aromatic heterocycles. The largest absolute Gasteiger partial charge is 0.298 e. The third kappa shape index (κ3) is 3.53. The highest BCUT2D eigenvalue weighted by atomic mass is 32.2. The molecule has 0 radical (unpaired) electrons. The average Bonchev–Trinajstić information content (AvgIpc) is 3.19. The predicted molar refractivity (Wildman–Crippen MR) is 83.1 cm³/mol. The number of benzene rings is 1. The molecule has 0 amide bonds. The van der Waals surface area contributed by atoms with Crippen LogP contribution in [0.15, 0.2) is 47.9 Å². The first-order valence-electron chi connectivity index (χ1n) is 7.49. The number of nitrogens with zero attached hydrogens (tertiary/aromatic N) is 4. The van der Waals surface area contributed by atoms with Crippen LogP contribution in [0.25, 0.3) is 0 Å². The molecule has 0 aliphatic carbocycles. The molecule has 0 bridgehead atoms. The summed E-state index contributed by atoms with van der Waals surface area (Å²) in [5.74, 6) is 0.158. The fourth-order valence-electron chi connectivity index (χ4n) is 2.92.